The summed E-state index contributed by atoms with van der Waals surface area (Å²) in [7, 11) is 0. The fourth-order valence-corrected chi connectivity index (χ4v) is 1.90. The van der Waals surface area contributed by atoms with Crippen LogP contribution in [-0.2, 0) is 6.18 Å². The van der Waals surface area contributed by atoms with E-state index in [1.807, 2.05) is 0 Å². The highest BCUT2D eigenvalue weighted by molar-refractivity contribution is 9.10. The molecule has 2 rings (SSSR count). The summed E-state index contributed by atoms with van der Waals surface area (Å²) >= 11 is 2.90. The molecule has 0 fully saturated rings. The molecule has 0 aliphatic carbocycles. The number of halogens is 5. The molecule has 1 heterocycles. The topological polar surface area (TPSA) is 48.1 Å². The Morgan fingerprint density at radius 2 is 1.90 bits per heavy atom. The molecule has 2 N–H and O–H groups in total. The molecule has 0 bridgehead atoms. The Bertz CT molecular complexity index is 689. The largest absolute Gasteiger partial charge is 0.435 e. The second-order valence-electron chi connectivity index (χ2n) is 4.25. The van der Waals surface area contributed by atoms with Gasteiger partial charge in [0.25, 0.3) is 0 Å². The van der Waals surface area contributed by atoms with Crippen molar-refractivity contribution >= 4 is 21.6 Å². The van der Waals surface area contributed by atoms with Gasteiger partial charge in [0.05, 0.1) is 0 Å². The zero-order chi connectivity index (χ0) is 15.8. The molecule has 0 saturated heterocycles. The summed E-state index contributed by atoms with van der Waals surface area (Å²) in [5, 5.41) is 0. The number of nitrogens with zero attached hydrogens (tertiary/aromatic N) is 1. The lowest BCUT2D eigenvalue weighted by atomic mass is 10.2. The Kier molecular flexibility index (Phi) is 4.08. The molecule has 1 aromatic carbocycles. The van der Waals surface area contributed by atoms with Crippen LogP contribution in [0, 0.1) is 12.7 Å². The second kappa shape index (κ2) is 5.51. The number of hydrogen-bond acceptors (Lipinski definition) is 3. The SMILES string of the molecule is Cc1cc(Oc2ncc(Br)cc2C(F)(F)F)c(F)cc1N. The second-order valence-corrected chi connectivity index (χ2v) is 5.16. The summed E-state index contributed by atoms with van der Waals surface area (Å²) in [6, 6.07) is 3.01. The van der Waals surface area contributed by atoms with Crippen molar-refractivity contribution < 1.29 is 22.3 Å². The first-order valence-corrected chi connectivity index (χ1v) is 6.44. The maximum Gasteiger partial charge on any atom is 0.421 e. The normalized spacial score (nSPS) is 11.5. The van der Waals surface area contributed by atoms with Crippen LogP contribution in [0.2, 0.25) is 0 Å². The van der Waals surface area contributed by atoms with Crippen LogP contribution < -0.4 is 10.5 Å². The number of nitrogens with two attached hydrogens (primary N) is 1. The standard InChI is InChI=1S/C13H9BrF4N2O/c1-6-2-11(9(15)4-10(6)19)21-12-8(13(16,17)18)3-7(14)5-20-12/h2-5H,19H2,1H3. The number of nitrogen functional groups attached to an aromatic ring is 1. The summed E-state index contributed by atoms with van der Waals surface area (Å²) in [6.45, 7) is 1.58. The molecule has 0 aliphatic rings. The molecule has 0 radical (unpaired) electrons. The quantitative estimate of drug-likeness (QED) is 0.621. The predicted octanol–water partition coefficient (Wildman–Crippen LogP) is 4.68. The average molecular weight is 365 g/mol. The molecule has 21 heavy (non-hydrogen) atoms. The molecule has 0 spiro atoms. The van der Waals surface area contributed by atoms with Crippen molar-refractivity contribution in [3.05, 3.63) is 45.8 Å². The Morgan fingerprint density at radius 3 is 2.52 bits per heavy atom. The molecule has 0 saturated carbocycles. The van der Waals surface area contributed by atoms with Crippen molar-refractivity contribution in [3.8, 4) is 11.6 Å². The van der Waals surface area contributed by atoms with Crippen LogP contribution in [0.3, 0.4) is 0 Å². The van der Waals surface area contributed by atoms with Crippen molar-refractivity contribution in [1.82, 2.24) is 4.98 Å². The zero-order valence-electron chi connectivity index (χ0n) is 10.6. The van der Waals surface area contributed by atoms with Crippen LogP contribution in [0.1, 0.15) is 11.1 Å². The summed E-state index contributed by atoms with van der Waals surface area (Å²) in [6.07, 6.45) is -3.54. The molecule has 8 heteroatoms. The Morgan fingerprint density at radius 1 is 1.24 bits per heavy atom. The van der Waals surface area contributed by atoms with Crippen LogP contribution in [-0.4, -0.2) is 4.98 Å². The summed E-state index contributed by atoms with van der Waals surface area (Å²) in [4.78, 5) is 3.55. The van der Waals surface area contributed by atoms with E-state index >= 15 is 0 Å². The molecule has 0 aliphatic heterocycles. The van der Waals surface area contributed by atoms with E-state index in [9.17, 15) is 17.6 Å². The number of benzene rings is 1. The molecule has 0 amide bonds. The van der Waals surface area contributed by atoms with Gasteiger partial charge < -0.3 is 10.5 Å². The number of rotatable bonds is 2. The van der Waals surface area contributed by atoms with Crippen LogP contribution in [0.4, 0.5) is 23.2 Å². The molecule has 2 aromatic rings. The van der Waals surface area contributed by atoms with Gasteiger partial charge in [0.1, 0.15) is 5.56 Å². The first-order chi connectivity index (χ1) is 9.68. The summed E-state index contributed by atoms with van der Waals surface area (Å²) in [5.74, 6) is -1.97. The first kappa shape index (κ1) is 15.6. The van der Waals surface area contributed by atoms with Gasteiger partial charge in [-0.25, -0.2) is 9.37 Å². The maximum absolute atomic E-state index is 13.7. The van der Waals surface area contributed by atoms with E-state index in [-0.39, 0.29) is 15.9 Å². The number of anilines is 1. The molecular formula is C13H9BrF4N2O. The van der Waals surface area contributed by atoms with E-state index in [2.05, 4.69) is 20.9 Å². The van der Waals surface area contributed by atoms with Crippen LogP contribution in [0.25, 0.3) is 0 Å². The third-order valence-electron chi connectivity index (χ3n) is 2.65. The average Bonchev–Trinajstić information content (AvgIpc) is 2.36. The minimum atomic E-state index is -4.68. The van der Waals surface area contributed by atoms with Gasteiger partial charge in [0.2, 0.25) is 5.88 Å². The highest BCUT2D eigenvalue weighted by Gasteiger charge is 2.36. The smallest absolute Gasteiger partial charge is 0.421 e. The highest BCUT2D eigenvalue weighted by Crippen LogP contribution is 2.39. The molecule has 0 unspecified atom stereocenters. The molecule has 0 atom stereocenters. The molecule has 3 nitrogen and oxygen atoms in total. The lowest BCUT2D eigenvalue weighted by Crippen LogP contribution is -2.09. The summed E-state index contributed by atoms with van der Waals surface area (Å²) < 4.78 is 57.6. The minimum absolute atomic E-state index is 0.135. The Balaban J connectivity index is 2.47. The van der Waals surface area contributed by atoms with E-state index in [1.54, 1.807) is 6.92 Å². The van der Waals surface area contributed by atoms with Gasteiger partial charge in [-0.05, 0) is 40.5 Å². The van der Waals surface area contributed by atoms with Crippen molar-refractivity contribution in [3.63, 3.8) is 0 Å². The van der Waals surface area contributed by atoms with Gasteiger partial charge in [-0.15, -0.1) is 0 Å². The van der Waals surface area contributed by atoms with Gasteiger partial charge in [0.15, 0.2) is 11.6 Å². The third kappa shape index (κ3) is 3.44. The van der Waals surface area contributed by atoms with E-state index in [4.69, 9.17) is 10.5 Å². The number of hydrogen-bond donors (Lipinski definition) is 1. The molecular weight excluding hydrogens is 356 g/mol. The van der Waals surface area contributed by atoms with E-state index < -0.39 is 23.4 Å². The van der Waals surface area contributed by atoms with Crippen molar-refractivity contribution in [2.45, 2.75) is 13.1 Å². The van der Waals surface area contributed by atoms with Gasteiger partial charge in [-0.1, -0.05) is 0 Å². The summed E-state index contributed by atoms with van der Waals surface area (Å²) in [5.41, 5.74) is 5.06. The van der Waals surface area contributed by atoms with E-state index in [1.165, 1.54) is 6.07 Å². The number of ether oxygens (including phenoxy) is 1. The van der Waals surface area contributed by atoms with Crippen LogP contribution in [0.15, 0.2) is 28.9 Å². The maximum atomic E-state index is 13.7. The Hall–Kier alpha value is -1.83. The van der Waals surface area contributed by atoms with Gasteiger partial charge >= 0.3 is 6.18 Å². The van der Waals surface area contributed by atoms with Gasteiger partial charge in [-0.2, -0.15) is 13.2 Å². The third-order valence-corrected chi connectivity index (χ3v) is 3.08. The highest BCUT2D eigenvalue weighted by atomic mass is 79.9. The van der Waals surface area contributed by atoms with Crippen LogP contribution >= 0.6 is 15.9 Å². The number of aromatic nitrogens is 1. The monoisotopic (exact) mass is 364 g/mol. The molecule has 1 aromatic heterocycles. The fraction of sp³-hybridized carbons (Fsp3) is 0.154. The number of aryl methyl sites for hydroxylation is 1. The number of alkyl halides is 3. The van der Waals surface area contributed by atoms with Crippen molar-refractivity contribution in [2.75, 3.05) is 5.73 Å². The van der Waals surface area contributed by atoms with Gasteiger partial charge in [0, 0.05) is 22.4 Å². The zero-order valence-corrected chi connectivity index (χ0v) is 12.2. The predicted molar refractivity (Wildman–Crippen MR) is 72.6 cm³/mol. The van der Waals surface area contributed by atoms with E-state index in [0.29, 0.717) is 5.56 Å². The number of pyridine rings is 1. The lowest BCUT2D eigenvalue weighted by molar-refractivity contribution is -0.138. The van der Waals surface area contributed by atoms with Crippen LogP contribution in [0.5, 0.6) is 11.6 Å². The van der Waals surface area contributed by atoms with Gasteiger partial charge in [-0.3, -0.25) is 0 Å². The first-order valence-electron chi connectivity index (χ1n) is 5.64. The lowest BCUT2D eigenvalue weighted by Gasteiger charge is -2.14. The molecule has 112 valence electrons. The Labute approximate surface area is 125 Å². The van der Waals surface area contributed by atoms with Crippen molar-refractivity contribution in [2.24, 2.45) is 0 Å². The van der Waals surface area contributed by atoms with E-state index in [0.717, 1.165) is 18.3 Å². The van der Waals surface area contributed by atoms with Crippen molar-refractivity contribution in [1.29, 1.82) is 0 Å². The fourth-order valence-electron chi connectivity index (χ4n) is 1.56. The minimum Gasteiger partial charge on any atom is -0.435 e.